The second-order valence-corrected chi connectivity index (χ2v) is 11.0. The molecule has 0 spiro atoms. The Labute approximate surface area is 238 Å². The van der Waals surface area contributed by atoms with Crippen molar-refractivity contribution in [2.24, 2.45) is 0 Å². The number of likely N-dealkylation sites (N-methyl/N-ethyl adjacent to an activating group) is 1. The van der Waals surface area contributed by atoms with Crippen molar-refractivity contribution in [1.29, 1.82) is 5.26 Å². The summed E-state index contributed by atoms with van der Waals surface area (Å²) in [4.78, 5) is 25.7. The van der Waals surface area contributed by atoms with Gasteiger partial charge in [-0.3, -0.25) is 4.90 Å². The lowest BCUT2D eigenvalue weighted by atomic mass is 10.0. The number of aryl methyl sites for hydroxylation is 2. The third-order valence-corrected chi connectivity index (χ3v) is 8.23. The van der Waals surface area contributed by atoms with Crippen LogP contribution in [0.1, 0.15) is 29.8 Å². The van der Waals surface area contributed by atoms with Gasteiger partial charge in [0, 0.05) is 55.6 Å². The highest BCUT2D eigenvalue weighted by molar-refractivity contribution is 5.89. The number of nitriles is 1. The summed E-state index contributed by atoms with van der Waals surface area (Å²) in [5, 5.41) is 9.20. The van der Waals surface area contributed by atoms with E-state index in [1.54, 1.807) is 6.07 Å². The molecule has 10 heteroatoms. The molecule has 2 fully saturated rings. The van der Waals surface area contributed by atoms with Crippen molar-refractivity contribution >= 4 is 16.9 Å². The molecule has 2 saturated heterocycles. The van der Waals surface area contributed by atoms with Crippen LogP contribution < -0.4 is 4.90 Å². The minimum absolute atomic E-state index is 0.177. The Hall–Kier alpha value is -4.07. The van der Waals surface area contributed by atoms with E-state index in [0.29, 0.717) is 34.2 Å². The number of nitrogens with zero attached hydrogens (tertiary/aromatic N) is 8. The summed E-state index contributed by atoms with van der Waals surface area (Å²) in [6.45, 7) is 9.34. The van der Waals surface area contributed by atoms with Crippen molar-refractivity contribution in [1.82, 2.24) is 29.7 Å². The first-order valence-electron chi connectivity index (χ1n) is 14.0. The Morgan fingerprint density at radius 1 is 0.902 bits per heavy atom. The van der Waals surface area contributed by atoms with Gasteiger partial charge >= 0.3 is 0 Å². The number of fused-ring (bicyclic) bond motifs is 1. The van der Waals surface area contributed by atoms with E-state index in [0.717, 1.165) is 45.0 Å². The summed E-state index contributed by atoms with van der Waals surface area (Å²) in [6.07, 6.45) is 2.44. The van der Waals surface area contributed by atoms with Gasteiger partial charge < -0.3 is 9.80 Å². The fourth-order valence-corrected chi connectivity index (χ4v) is 5.87. The molecule has 2 aliphatic heterocycles. The Kier molecular flexibility index (Phi) is 7.32. The van der Waals surface area contributed by atoms with E-state index in [9.17, 15) is 5.26 Å². The molecule has 4 aromatic rings. The maximum Gasteiger partial charge on any atom is 0.182 e. The van der Waals surface area contributed by atoms with E-state index in [4.69, 9.17) is 4.98 Å². The van der Waals surface area contributed by atoms with E-state index < -0.39 is 11.6 Å². The van der Waals surface area contributed by atoms with Crippen molar-refractivity contribution in [3.8, 4) is 28.7 Å². The number of likely N-dealkylation sites (tertiary alicyclic amines) is 1. The van der Waals surface area contributed by atoms with Crippen LogP contribution in [0.5, 0.6) is 0 Å². The molecule has 210 valence electrons. The van der Waals surface area contributed by atoms with Crippen LogP contribution in [0.15, 0.2) is 36.4 Å². The molecule has 2 aromatic heterocycles. The Morgan fingerprint density at radius 3 is 2.41 bits per heavy atom. The van der Waals surface area contributed by atoms with E-state index in [1.807, 2.05) is 26.0 Å². The van der Waals surface area contributed by atoms with Gasteiger partial charge in [0.2, 0.25) is 0 Å². The first-order valence-corrected chi connectivity index (χ1v) is 14.0. The van der Waals surface area contributed by atoms with Crippen LogP contribution in [-0.2, 0) is 0 Å². The number of piperidine rings is 1. The molecule has 0 radical (unpaired) electrons. The smallest absolute Gasteiger partial charge is 0.182 e. The zero-order chi connectivity index (χ0) is 28.7. The second kappa shape index (κ2) is 11.1. The molecule has 1 unspecified atom stereocenters. The summed E-state index contributed by atoms with van der Waals surface area (Å²) < 4.78 is 30.3. The van der Waals surface area contributed by atoms with Crippen molar-refractivity contribution in [3.05, 3.63) is 65.0 Å². The predicted octanol–water partition coefficient (Wildman–Crippen LogP) is 4.74. The second-order valence-electron chi connectivity index (χ2n) is 11.0. The fourth-order valence-electron chi connectivity index (χ4n) is 5.87. The number of hydrogen-bond acceptors (Lipinski definition) is 8. The summed E-state index contributed by atoms with van der Waals surface area (Å²) >= 11 is 0. The predicted molar refractivity (Wildman–Crippen MR) is 154 cm³/mol. The lowest BCUT2D eigenvalue weighted by Gasteiger charge is -2.43. The van der Waals surface area contributed by atoms with Gasteiger partial charge in [-0.15, -0.1) is 0 Å². The number of piperazine rings is 1. The molecule has 1 atom stereocenters. The highest BCUT2D eigenvalue weighted by Gasteiger charge is 2.27. The fraction of sp³-hybridized carbons (Fsp3) is 0.387. The van der Waals surface area contributed by atoms with Gasteiger partial charge in [0.05, 0.1) is 23.0 Å². The quantitative estimate of drug-likeness (QED) is 0.358. The van der Waals surface area contributed by atoms with Crippen LogP contribution >= 0.6 is 0 Å². The van der Waals surface area contributed by atoms with E-state index >= 15 is 8.78 Å². The summed E-state index contributed by atoms with van der Waals surface area (Å²) in [6, 6.07) is 11.6. The molecule has 0 saturated carbocycles. The minimum Gasteiger partial charge on any atom is -0.369 e. The van der Waals surface area contributed by atoms with Gasteiger partial charge in [0.1, 0.15) is 22.8 Å². The normalized spacial score (nSPS) is 18.5. The lowest BCUT2D eigenvalue weighted by molar-refractivity contribution is 0.106. The molecule has 4 heterocycles. The Balaban J connectivity index is 1.36. The summed E-state index contributed by atoms with van der Waals surface area (Å²) in [7, 11) is 2.18. The third kappa shape index (κ3) is 5.47. The Bertz CT molecular complexity index is 1660. The molecule has 41 heavy (non-hydrogen) atoms. The number of benzene rings is 2. The minimum atomic E-state index is -0.600. The maximum absolute atomic E-state index is 15.2. The van der Waals surface area contributed by atoms with Gasteiger partial charge in [0.25, 0.3) is 0 Å². The number of anilines is 1. The van der Waals surface area contributed by atoms with Gasteiger partial charge in [-0.1, -0.05) is 0 Å². The molecule has 0 amide bonds. The number of halogens is 2. The van der Waals surface area contributed by atoms with E-state index in [2.05, 4.69) is 36.7 Å². The first kappa shape index (κ1) is 27.1. The van der Waals surface area contributed by atoms with E-state index in [-0.39, 0.29) is 22.6 Å². The molecular weight excluding hydrogens is 522 g/mol. The molecule has 0 bridgehead atoms. The van der Waals surface area contributed by atoms with Gasteiger partial charge in [-0.05, 0) is 76.7 Å². The van der Waals surface area contributed by atoms with Crippen molar-refractivity contribution in [2.45, 2.75) is 32.7 Å². The van der Waals surface area contributed by atoms with E-state index in [1.165, 1.54) is 37.1 Å². The average molecular weight is 555 g/mol. The standard InChI is InChI=1S/C31H32F2N8/c1-19-20(2)36-31-29(35-19)28(26-7-6-21(17-34)13-27(26)33)37-30(38-31)22-14-23(32)16-25(15-22)41-11-9-40(10-12-41)24-5-4-8-39(3)18-24/h6-7,13-16,24H,4-5,8-12,18H2,1-3H3. The molecule has 8 nitrogen and oxygen atoms in total. The van der Waals surface area contributed by atoms with Crippen LogP contribution in [0.3, 0.4) is 0 Å². The van der Waals surface area contributed by atoms with Crippen LogP contribution in [0.4, 0.5) is 14.5 Å². The molecular formula is C31H32F2N8. The van der Waals surface area contributed by atoms with Crippen LogP contribution in [-0.4, -0.2) is 82.1 Å². The maximum atomic E-state index is 15.2. The number of hydrogen-bond donors (Lipinski definition) is 0. The van der Waals surface area contributed by atoms with Crippen molar-refractivity contribution < 1.29 is 8.78 Å². The zero-order valence-corrected chi connectivity index (χ0v) is 23.5. The molecule has 0 aliphatic carbocycles. The number of aromatic nitrogens is 4. The highest BCUT2D eigenvalue weighted by atomic mass is 19.1. The SMILES string of the molecule is Cc1nc2nc(-c3cc(F)cc(N4CCN(C5CCCN(C)C5)CC4)c3)nc(-c3ccc(C#N)cc3F)c2nc1C. The van der Waals surface area contributed by atoms with Gasteiger partial charge in [-0.2, -0.15) is 5.26 Å². The molecule has 6 rings (SSSR count). The van der Waals surface area contributed by atoms with Crippen LogP contribution in [0, 0.1) is 36.8 Å². The summed E-state index contributed by atoms with van der Waals surface area (Å²) in [5.41, 5.74) is 3.89. The highest BCUT2D eigenvalue weighted by Crippen LogP contribution is 2.32. The third-order valence-electron chi connectivity index (χ3n) is 8.23. The molecule has 2 aromatic carbocycles. The topological polar surface area (TPSA) is 85.1 Å². The van der Waals surface area contributed by atoms with Crippen molar-refractivity contribution in [2.75, 3.05) is 51.2 Å². The molecule has 0 N–H and O–H groups in total. The Morgan fingerprint density at radius 2 is 1.68 bits per heavy atom. The number of rotatable bonds is 4. The van der Waals surface area contributed by atoms with Gasteiger partial charge in [-0.25, -0.2) is 28.7 Å². The zero-order valence-electron chi connectivity index (χ0n) is 23.5. The molecule has 2 aliphatic rings. The average Bonchev–Trinajstić information content (AvgIpc) is 2.97. The lowest BCUT2D eigenvalue weighted by Crippen LogP contribution is -2.54. The largest absolute Gasteiger partial charge is 0.369 e. The summed E-state index contributed by atoms with van der Waals surface area (Å²) in [5.74, 6) is -0.759. The first-order chi connectivity index (χ1) is 19.8. The van der Waals surface area contributed by atoms with Crippen molar-refractivity contribution in [3.63, 3.8) is 0 Å². The monoisotopic (exact) mass is 554 g/mol. The van der Waals surface area contributed by atoms with Crippen LogP contribution in [0.2, 0.25) is 0 Å². The van der Waals surface area contributed by atoms with Crippen LogP contribution in [0.25, 0.3) is 33.8 Å². The van der Waals surface area contributed by atoms with Gasteiger partial charge in [0.15, 0.2) is 11.5 Å².